The van der Waals surface area contributed by atoms with Crippen molar-refractivity contribution in [2.24, 2.45) is 0 Å². The maximum Gasteiger partial charge on any atom is 0.244 e. The Bertz CT molecular complexity index is 1200. The Morgan fingerprint density at radius 3 is 2.32 bits per heavy atom. The predicted molar refractivity (Wildman–Crippen MR) is 152 cm³/mol. The van der Waals surface area contributed by atoms with Crippen LogP contribution in [-0.2, 0) is 26.2 Å². The monoisotopic (exact) mass is 611 g/mol. The lowest BCUT2D eigenvalue weighted by Gasteiger charge is -2.34. The lowest BCUT2D eigenvalue weighted by atomic mass is 9.95. The maximum absolute atomic E-state index is 13.8. The van der Waals surface area contributed by atoms with Crippen LogP contribution in [0.3, 0.4) is 0 Å². The first-order chi connectivity index (χ1) is 17.5. The number of aryl methyl sites for hydroxylation is 1. The van der Waals surface area contributed by atoms with Gasteiger partial charge in [0, 0.05) is 22.1 Å². The van der Waals surface area contributed by atoms with Gasteiger partial charge in [-0.25, -0.2) is 8.42 Å². The lowest BCUT2D eigenvalue weighted by Crippen LogP contribution is -2.53. The molecule has 37 heavy (non-hydrogen) atoms. The highest BCUT2D eigenvalue weighted by Gasteiger charge is 2.32. The summed E-state index contributed by atoms with van der Waals surface area (Å²) in [5, 5.41) is 3.71. The van der Waals surface area contributed by atoms with Crippen molar-refractivity contribution in [3.05, 3.63) is 63.1 Å². The molecule has 2 aromatic carbocycles. The topological polar surface area (TPSA) is 86.8 Å². The molecule has 2 aromatic rings. The molecule has 1 atom stereocenters. The summed E-state index contributed by atoms with van der Waals surface area (Å²) in [6.07, 6.45) is 6.65. The Labute approximate surface area is 233 Å². The molecule has 0 saturated heterocycles. The zero-order chi connectivity index (χ0) is 27.2. The Morgan fingerprint density at radius 1 is 1.11 bits per heavy atom. The van der Waals surface area contributed by atoms with Crippen molar-refractivity contribution in [1.82, 2.24) is 10.2 Å². The number of anilines is 1. The standard InChI is InChI=1S/C27H35BrClN3O4S/c1-4-25(27(34)30-22-8-6-5-7-9-22)31(17-20-10-12-21(29)13-11-20)26(33)18-32(37(3,35)36)23-14-15-24(28)19(2)16-23/h10-16,22,25H,4-9,17-18H2,1-3H3,(H,30,34). The van der Waals surface area contributed by atoms with E-state index in [2.05, 4.69) is 21.2 Å². The summed E-state index contributed by atoms with van der Waals surface area (Å²) >= 11 is 9.48. The van der Waals surface area contributed by atoms with Gasteiger partial charge in [0.1, 0.15) is 12.6 Å². The number of nitrogens with one attached hydrogen (secondary N) is 1. The zero-order valence-electron chi connectivity index (χ0n) is 21.5. The van der Waals surface area contributed by atoms with E-state index in [1.165, 1.54) is 11.3 Å². The summed E-state index contributed by atoms with van der Waals surface area (Å²) in [7, 11) is -3.78. The average Bonchev–Trinajstić information content (AvgIpc) is 2.85. The molecule has 0 aromatic heterocycles. The van der Waals surface area contributed by atoms with Gasteiger partial charge in [0.15, 0.2) is 0 Å². The van der Waals surface area contributed by atoms with Crippen LogP contribution in [0.15, 0.2) is 46.9 Å². The maximum atomic E-state index is 13.8. The van der Waals surface area contributed by atoms with Gasteiger partial charge >= 0.3 is 0 Å². The van der Waals surface area contributed by atoms with Crippen molar-refractivity contribution >= 4 is 55.1 Å². The number of amides is 2. The van der Waals surface area contributed by atoms with Crippen LogP contribution in [0, 0.1) is 6.92 Å². The number of carbonyl (C=O) groups is 2. The lowest BCUT2D eigenvalue weighted by molar-refractivity contribution is -0.140. The van der Waals surface area contributed by atoms with Crippen LogP contribution in [0.25, 0.3) is 0 Å². The quantitative estimate of drug-likeness (QED) is 0.388. The fraction of sp³-hybridized carbons (Fsp3) is 0.481. The van der Waals surface area contributed by atoms with Gasteiger partial charge in [-0.3, -0.25) is 13.9 Å². The number of sulfonamides is 1. The molecule has 0 aliphatic heterocycles. The third kappa shape index (κ3) is 8.19. The van der Waals surface area contributed by atoms with Crippen molar-refractivity contribution in [1.29, 1.82) is 0 Å². The molecule has 1 fully saturated rings. The minimum atomic E-state index is -3.78. The SMILES string of the molecule is CCC(C(=O)NC1CCCCC1)N(Cc1ccc(Cl)cc1)C(=O)CN(c1ccc(Br)c(C)c1)S(C)(=O)=O. The molecule has 1 unspecified atom stereocenters. The molecule has 1 aliphatic rings. The van der Waals surface area contributed by atoms with E-state index in [1.54, 1.807) is 42.5 Å². The molecule has 1 saturated carbocycles. The smallest absolute Gasteiger partial charge is 0.244 e. The average molecular weight is 613 g/mol. The molecule has 0 spiro atoms. The van der Waals surface area contributed by atoms with Gasteiger partial charge in [-0.1, -0.05) is 65.8 Å². The summed E-state index contributed by atoms with van der Waals surface area (Å²) in [6.45, 7) is 3.45. The van der Waals surface area contributed by atoms with Gasteiger partial charge in [-0.15, -0.1) is 0 Å². The molecule has 0 heterocycles. The number of nitrogens with zero attached hydrogens (tertiary/aromatic N) is 2. The van der Waals surface area contributed by atoms with Gasteiger partial charge in [0.2, 0.25) is 21.8 Å². The predicted octanol–water partition coefficient (Wildman–Crippen LogP) is 5.43. The molecule has 202 valence electrons. The molecule has 7 nitrogen and oxygen atoms in total. The highest BCUT2D eigenvalue weighted by molar-refractivity contribution is 9.10. The van der Waals surface area contributed by atoms with Crippen molar-refractivity contribution in [3.63, 3.8) is 0 Å². The first-order valence-electron chi connectivity index (χ1n) is 12.6. The fourth-order valence-corrected chi connectivity index (χ4v) is 5.86. The Kier molecular flexibility index (Phi) is 10.4. The van der Waals surface area contributed by atoms with Crippen LogP contribution in [0.2, 0.25) is 5.02 Å². The van der Waals surface area contributed by atoms with E-state index in [4.69, 9.17) is 11.6 Å². The van der Waals surface area contributed by atoms with E-state index in [1.807, 2.05) is 13.8 Å². The number of hydrogen-bond donors (Lipinski definition) is 1. The summed E-state index contributed by atoms with van der Waals surface area (Å²) in [5.41, 5.74) is 2.03. The second kappa shape index (κ2) is 13.1. The van der Waals surface area contributed by atoms with Gasteiger partial charge in [-0.2, -0.15) is 0 Å². The minimum Gasteiger partial charge on any atom is -0.352 e. The molecular formula is C27H35BrClN3O4S. The van der Waals surface area contributed by atoms with Crippen molar-refractivity contribution in [3.8, 4) is 0 Å². The molecule has 2 amide bonds. The highest BCUT2D eigenvalue weighted by atomic mass is 79.9. The molecule has 10 heteroatoms. The summed E-state index contributed by atoms with van der Waals surface area (Å²) in [6, 6.07) is 11.6. The first-order valence-corrected chi connectivity index (χ1v) is 15.6. The van der Waals surface area contributed by atoms with Crippen LogP contribution in [0.1, 0.15) is 56.6 Å². The summed E-state index contributed by atoms with van der Waals surface area (Å²) < 4.78 is 27.5. The number of hydrogen-bond acceptors (Lipinski definition) is 4. The van der Waals surface area contributed by atoms with Crippen LogP contribution in [0.5, 0.6) is 0 Å². The normalized spacial score (nSPS) is 15.2. The highest BCUT2D eigenvalue weighted by Crippen LogP contribution is 2.26. The van der Waals surface area contributed by atoms with Gasteiger partial charge in [0.05, 0.1) is 11.9 Å². The summed E-state index contributed by atoms with van der Waals surface area (Å²) in [4.78, 5) is 28.7. The number of carbonyl (C=O) groups excluding carboxylic acids is 2. The van der Waals surface area contributed by atoms with Crippen LogP contribution in [-0.4, -0.2) is 50.0 Å². The molecule has 0 bridgehead atoms. The molecule has 1 N–H and O–H groups in total. The van der Waals surface area contributed by atoms with Crippen LogP contribution in [0.4, 0.5) is 5.69 Å². The van der Waals surface area contributed by atoms with Crippen molar-refractivity contribution < 1.29 is 18.0 Å². The van der Waals surface area contributed by atoms with E-state index >= 15 is 0 Å². The fourth-order valence-electron chi connectivity index (χ4n) is 4.65. The Morgan fingerprint density at radius 2 is 1.76 bits per heavy atom. The first kappa shape index (κ1) is 29.5. The van der Waals surface area contributed by atoms with Gasteiger partial charge in [0.25, 0.3) is 0 Å². The Hall–Kier alpha value is -2.10. The third-order valence-corrected chi connectivity index (χ3v) is 8.99. The second-order valence-corrected chi connectivity index (χ2v) is 12.8. The van der Waals surface area contributed by atoms with Crippen molar-refractivity contribution in [2.45, 2.75) is 71.0 Å². The second-order valence-electron chi connectivity index (χ2n) is 9.62. The third-order valence-electron chi connectivity index (χ3n) is 6.71. The number of halogens is 2. The summed E-state index contributed by atoms with van der Waals surface area (Å²) in [5.74, 6) is -0.659. The van der Waals surface area contributed by atoms with Crippen LogP contribution < -0.4 is 9.62 Å². The molecular weight excluding hydrogens is 578 g/mol. The molecule has 1 aliphatic carbocycles. The Balaban J connectivity index is 1.92. The zero-order valence-corrected chi connectivity index (χ0v) is 24.7. The van der Waals surface area contributed by atoms with E-state index in [-0.39, 0.29) is 18.5 Å². The van der Waals surface area contributed by atoms with E-state index in [0.29, 0.717) is 17.1 Å². The molecule has 0 radical (unpaired) electrons. The van der Waals surface area contributed by atoms with Crippen LogP contribution >= 0.6 is 27.5 Å². The number of rotatable bonds is 10. The molecule has 3 rings (SSSR count). The van der Waals surface area contributed by atoms with Crippen molar-refractivity contribution in [2.75, 3.05) is 17.1 Å². The van der Waals surface area contributed by atoms with E-state index in [9.17, 15) is 18.0 Å². The van der Waals surface area contributed by atoms with E-state index < -0.39 is 28.5 Å². The minimum absolute atomic E-state index is 0.0982. The number of benzene rings is 2. The van der Waals surface area contributed by atoms with Gasteiger partial charge < -0.3 is 10.2 Å². The van der Waals surface area contributed by atoms with Gasteiger partial charge in [-0.05, 0) is 67.6 Å². The van der Waals surface area contributed by atoms with E-state index in [0.717, 1.165) is 51.8 Å². The largest absolute Gasteiger partial charge is 0.352 e.